The molecule has 1 aromatic rings. The Labute approximate surface area is 83.7 Å². The standard InChI is InChI=1S/C10H17N3O/c1-2-3-4-5-8-13-10(14)7-6-9(11)12-13/h6-7H,2-5,8H2,1H3,(H2,11,12). The van der Waals surface area contributed by atoms with Crippen LogP contribution in [0.25, 0.3) is 0 Å². The Kier molecular flexibility index (Phi) is 4.16. The van der Waals surface area contributed by atoms with E-state index in [0.717, 1.165) is 12.8 Å². The molecule has 14 heavy (non-hydrogen) atoms. The van der Waals surface area contributed by atoms with Crippen molar-refractivity contribution in [2.45, 2.75) is 39.2 Å². The topological polar surface area (TPSA) is 60.9 Å². The Morgan fingerprint density at radius 1 is 1.36 bits per heavy atom. The van der Waals surface area contributed by atoms with Gasteiger partial charge in [0.2, 0.25) is 0 Å². The van der Waals surface area contributed by atoms with Crippen LogP contribution in [0.15, 0.2) is 16.9 Å². The molecule has 1 aromatic heterocycles. The summed E-state index contributed by atoms with van der Waals surface area (Å²) in [5, 5.41) is 3.95. The molecule has 2 N–H and O–H groups in total. The van der Waals surface area contributed by atoms with Gasteiger partial charge in [-0.2, -0.15) is 5.10 Å². The van der Waals surface area contributed by atoms with E-state index in [1.54, 1.807) is 0 Å². The maximum atomic E-state index is 11.3. The predicted octanol–water partition coefficient (Wildman–Crippen LogP) is 1.41. The molecule has 4 nitrogen and oxygen atoms in total. The third-order valence-corrected chi connectivity index (χ3v) is 2.11. The average Bonchev–Trinajstić information content (AvgIpc) is 2.18. The quantitative estimate of drug-likeness (QED) is 0.722. The van der Waals surface area contributed by atoms with Crippen molar-refractivity contribution < 1.29 is 0 Å². The van der Waals surface area contributed by atoms with E-state index >= 15 is 0 Å². The SMILES string of the molecule is CCCCCCn1nc(N)ccc1=O. The number of aryl methyl sites for hydroxylation is 1. The minimum atomic E-state index is -0.0734. The van der Waals surface area contributed by atoms with Gasteiger partial charge in [-0.1, -0.05) is 26.2 Å². The summed E-state index contributed by atoms with van der Waals surface area (Å²) in [5.41, 5.74) is 5.41. The number of anilines is 1. The third kappa shape index (κ3) is 3.20. The zero-order chi connectivity index (χ0) is 10.4. The van der Waals surface area contributed by atoms with Crippen molar-refractivity contribution in [1.29, 1.82) is 0 Å². The van der Waals surface area contributed by atoms with Crippen LogP contribution >= 0.6 is 0 Å². The van der Waals surface area contributed by atoms with Crippen molar-refractivity contribution in [3.05, 3.63) is 22.5 Å². The molecule has 0 unspecified atom stereocenters. The molecule has 4 heteroatoms. The number of hydrogen-bond donors (Lipinski definition) is 1. The lowest BCUT2D eigenvalue weighted by atomic mass is 10.2. The Morgan fingerprint density at radius 3 is 2.86 bits per heavy atom. The second-order valence-electron chi connectivity index (χ2n) is 3.38. The van der Waals surface area contributed by atoms with Crippen molar-refractivity contribution in [2.24, 2.45) is 0 Å². The fraction of sp³-hybridized carbons (Fsp3) is 0.600. The number of aromatic nitrogens is 2. The Hall–Kier alpha value is -1.32. The molecular weight excluding hydrogens is 178 g/mol. The summed E-state index contributed by atoms with van der Waals surface area (Å²) in [6, 6.07) is 2.99. The summed E-state index contributed by atoms with van der Waals surface area (Å²) in [4.78, 5) is 11.3. The smallest absolute Gasteiger partial charge is 0.266 e. The summed E-state index contributed by atoms with van der Waals surface area (Å²) in [6.07, 6.45) is 4.53. The minimum Gasteiger partial charge on any atom is -0.382 e. The predicted molar refractivity (Wildman–Crippen MR) is 57.1 cm³/mol. The monoisotopic (exact) mass is 195 g/mol. The van der Waals surface area contributed by atoms with Gasteiger partial charge in [0.1, 0.15) is 5.82 Å². The number of nitrogens with zero attached hydrogens (tertiary/aromatic N) is 2. The normalized spacial score (nSPS) is 10.4. The molecule has 0 fully saturated rings. The van der Waals surface area contributed by atoms with E-state index in [4.69, 9.17) is 5.73 Å². The molecule has 0 saturated carbocycles. The first kappa shape index (κ1) is 10.8. The summed E-state index contributed by atoms with van der Waals surface area (Å²) >= 11 is 0. The lowest BCUT2D eigenvalue weighted by molar-refractivity contribution is 0.521. The van der Waals surface area contributed by atoms with E-state index in [0.29, 0.717) is 12.4 Å². The van der Waals surface area contributed by atoms with Crippen molar-refractivity contribution in [1.82, 2.24) is 9.78 Å². The number of hydrogen-bond acceptors (Lipinski definition) is 3. The summed E-state index contributed by atoms with van der Waals surface area (Å²) < 4.78 is 1.44. The molecule has 0 bridgehead atoms. The van der Waals surface area contributed by atoms with Gasteiger partial charge in [-0.3, -0.25) is 4.79 Å². The second kappa shape index (κ2) is 5.42. The zero-order valence-electron chi connectivity index (χ0n) is 8.57. The molecule has 1 heterocycles. The van der Waals surface area contributed by atoms with Crippen molar-refractivity contribution in [3.8, 4) is 0 Å². The van der Waals surface area contributed by atoms with E-state index in [2.05, 4.69) is 12.0 Å². The van der Waals surface area contributed by atoms with Crippen LogP contribution in [0.4, 0.5) is 5.82 Å². The van der Waals surface area contributed by atoms with Crippen LogP contribution < -0.4 is 11.3 Å². The fourth-order valence-electron chi connectivity index (χ4n) is 1.31. The van der Waals surface area contributed by atoms with Crippen LogP contribution in [0.5, 0.6) is 0 Å². The molecule has 0 aliphatic heterocycles. The van der Waals surface area contributed by atoms with Crippen molar-refractivity contribution >= 4 is 5.82 Å². The summed E-state index contributed by atoms with van der Waals surface area (Å²) in [5.74, 6) is 0.403. The summed E-state index contributed by atoms with van der Waals surface area (Å²) in [6.45, 7) is 2.83. The van der Waals surface area contributed by atoms with Gasteiger partial charge in [-0.25, -0.2) is 4.68 Å². The highest BCUT2D eigenvalue weighted by Crippen LogP contribution is 2.00. The lowest BCUT2D eigenvalue weighted by Crippen LogP contribution is -2.22. The Morgan fingerprint density at radius 2 is 2.14 bits per heavy atom. The first-order chi connectivity index (χ1) is 6.74. The van der Waals surface area contributed by atoms with Gasteiger partial charge in [-0.15, -0.1) is 0 Å². The van der Waals surface area contributed by atoms with Gasteiger partial charge in [0.05, 0.1) is 0 Å². The highest BCUT2D eigenvalue weighted by Gasteiger charge is 1.97. The molecule has 0 saturated heterocycles. The highest BCUT2D eigenvalue weighted by molar-refractivity contribution is 5.23. The Balaban J connectivity index is 2.49. The van der Waals surface area contributed by atoms with Crippen LogP contribution in [0.3, 0.4) is 0 Å². The molecule has 0 aromatic carbocycles. The Bertz CT molecular complexity index is 332. The van der Waals surface area contributed by atoms with E-state index in [-0.39, 0.29) is 5.56 Å². The van der Waals surface area contributed by atoms with Gasteiger partial charge in [0, 0.05) is 12.6 Å². The minimum absolute atomic E-state index is 0.0734. The first-order valence-electron chi connectivity index (χ1n) is 5.07. The van der Waals surface area contributed by atoms with Crippen LogP contribution in [0.1, 0.15) is 32.6 Å². The molecule has 0 amide bonds. The third-order valence-electron chi connectivity index (χ3n) is 2.11. The lowest BCUT2D eigenvalue weighted by Gasteiger charge is -2.03. The zero-order valence-corrected chi connectivity index (χ0v) is 8.57. The van der Waals surface area contributed by atoms with Crippen LogP contribution in [0.2, 0.25) is 0 Å². The average molecular weight is 195 g/mol. The molecule has 1 rings (SSSR count). The van der Waals surface area contributed by atoms with Crippen molar-refractivity contribution in [2.75, 3.05) is 5.73 Å². The molecule has 0 aliphatic carbocycles. The second-order valence-corrected chi connectivity index (χ2v) is 3.38. The molecule has 0 spiro atoms. The van der Waals surface area contributed by atoms with Gasteiger partial charge in [0.15, 0.2) is 0 Å². The number of rotatable bonds is 5. The number of nitrogens with two attached hydrogens (primary N) is 1. The van der Waals surface area contributed by atoms with Crippen LogP contribution in [0, 0.1) is 0 Å². The van der Waals surface area contributed by atoms with E-state index in [1.807, 2.05) is 0 Å². The maximum Gasteiger partial charge on any atom is 0.266 e. The molecule has 0 aliphatic rings. The first-order valence-corrected chi connectivity index (χ1v) is 5.07. The number of nitrogen functional groups attached to an aromatic ring is 1. The van der Waals surface area contributed by atoms with E-state index < -0.39 is 0 Å². The van der Waals surface area contributed by atoms with Crippen LogP contribution in [-0.2, 0) is 6.54 Å². The summed E-state index contributed by atoms with van der Waals surface area (Å²) in [7, 11) is 0. The fourth-order valence-corrected chi connectivity index (χ4v) is 1.31. The van der Waals surface area contributed by atoms with E-state index in [1.165, 1.54) is 29.7 Å². The molecule has 78 valence electrons. The van der Waals surface area contributed by atoms with Gasteiger partial charge in [-0.05, 0) is 12.5 Å². The highest BCUT2D eigenvalue weighted by atomic mass is 16.1. The van der Waals surface area contributed by atoms with Gasteiger partial charge >= 0.3 is 0 Å². The van der Waals surface area contributed by atoms with E-state index in [9.17, 15) is 4.79 Å². The van der Waals surface area contributed by atoms with Gasteiger partial charge in [0.25, 0.3) is 5.56 Å². The van der Waals surface area contributed by atoms with Crippen molar-refractivity contribution in [3.63, 3.8) is 0 Å². The largest absolute Gasteiger partial charge is 0.382 e. The van der Waals surface area contributed by atoms with Gasteiger partial charge < -0.3 is 5.73 Å². The molecule has 0 radical (unpaired) electrons. The number of unbranched alkanes of at least 4 members (excludes halogenated alkanes) is 3. The molecule has 0 atom stereocenters. The van der Waals surface area contributed by atoms with Crippen LogP contribution in [-0.4, -0.2) is 9.78 Å². The molecular formula is C10H17N3O. The maximum absolute atomic E-state index is 11.3.